The lowest BCUT2D eigenvalue weighted by atomic mass is 10.3. The molecule has 4 heteroatoms. The number of fused-ring (bicyclic) bond motifs is 1. The molecular formula is C12H8N2OS. The first-order chi connectivity index (χ1) is 7.83. The Bertz CT molecular complexity index is 634. The molecular weight excluding hydrogens is 220 g/mol. The van der Waals surface area contributed by atoms with Gasteiger partial charge in [-0.3, -0.25) is 4.98 Å². The Balaban J connectivity index is 2.19. The number of nitrogens with zero attached hydrogens (tertiary/aromatic N) is 2. The lowest BCUT2D eigenvalue weighted by molar-refractivity contribution is 0.476. The molecule has 2 heterocycles. The van der Waals surface area contributed by atoms with Crippen molar-refractivity contribution in [2.75, 3.05) is 0 Å². The molecule has 0 fully saturated rings. The first-order valence-corrected chi connectivity index (χ1v) is 5.65. The highest BCUT2D eigenvalue weighted by Gasteiger charge is 2.06. The second kappa shape index (κ2) is 3.57. The summed E-state index contributed by atoms with van der Waals surface area (Å²) in [5, 5.41) is 10.2. The van der Waals surface area contributed by atoms with Crippen LogP contribution in [-0.4, -0.2) is 15.1 Å². The van der Waals surface area contributed by atoms with Crippen molar-refractivity contribution < 1.29 is 5.11 Å². The number of aromatic nitrogens is 2. The molecule has 3 nitrogen and oxygen atoms in total. The number of hydrogen-bond donors (Lipinski definition) is 1. The minimum absolute atomic E-state index is 0.267. The Morgan fingerprint density at radius 1 is 1.12 bits per heavy atom. The summed E-state index contributed by atoms with van der Waals surface area (Å²) in [6, 6.07) is 10.9. The Kier molecular flexibility index (Phi) is 2.08. The third-order valence-electron chi connectivity index (χ3n) is 2.26. The first kappa shape index (κ1) is 9.30. The van der Waals surface area contributed by atoms with Crippen LogP contribution in [0.15, 0.2) is 42.6 Å². The van der Waals surface area contributed by atoms with Gasteiger partial charge in [-0.25, -0.2) is 4.98 Å². The summed E-state index contributed by atoms with van der Waals surface area (Å²) < 4.78 is 0.973. The van der Waals surface area contributed by atoms with Crippen LogP contribution in [0.25, 0.3) is 20.9 Å². The fourth-order valence-corrected chi connectivity index (χ4v) is 2.49. The molecule has 78 valence electrons. The van der Waals surface area contributed by atoms with E-state index in [1.807, 2.05) is 24.3 Å². The molecule has 0 amide bonds. The summed E-state index contributed by atoms with van der Waals surface area (Å²) >= 11 is 1.53. The van der Waals surface area contributed by atoms with Crippen LogP contribution < -0.4 is 0 Å². The summed E-state index contributed by atoms with van der Waals surface area (Å²) in [6.45, 7) is 0. The molecule has 0 atom stereocenters. The quantitative estimate of drug-likeness (QED) is 0.696. The minimum Gasteiger partial charge on any atom is -0.508 e. The lowest BCUT2D eigenvalue weighted by Gasteiger charge is -1.91. The number of benzene rings is 1. The van der Waals surface area contributed by atoms with E-state index in [4.69, 9.17) is 0 Å². The largest absolute Gasteiger partial charge is 0.508 e. The number of aromatic hydroxyl groups is 1. The third kappa shape index (κ3) is 1.53. The summed E-state index contributed by atoms with van der Waals surface area (Å²) in [6.07, 6.45) is 1.75. The highest BCUT2D eigenvalue weighted by atomic mass is 32.1. The number of phenols is 1. The fraction of sp³-hybridized carbons (Fsp3) is 0. The van der Waals surface area contributed by atoms with Crippen molar-refractivity contribution in [3.8, 4) is 16.5 Å². The van der Waals surface area contributed by atoms with Crippen molar-refractivity contribution >= 4 is 21.6 Å². The van der Waals surface area contributed by atoms with E-state index >= 15 is 0 Å². The van der Waals surface area contributed by atoms with Crippen LogP contribution in [0.3, 0.4) is 0 Å². The predicted octanol–water partition coefficient (Wildman–Crippen LogP) is 3.06. The van der Waals surface area contributed by atoms with E-state index < -0.39 is 0 Å². The molecule has 0 radical (unpaired) electrons. The van der Waals surface area contributed by atoms with Gasteiger partial charge in [0, 0.05) is 6.20 Å². The summed E-state index contributed by atoms with van der Waals surface area (Å²) in [5.41, 5.74) is 1.76. The van der Waals surface area contributed by atoms with E-state index in [1.54, 1.807) is 18.3 Å². The highest BCUT2D eigenvalue weighted by Crippen LogP contribution is 2.30. The molecule has 0 saturated carbocycles. The monoisotopic (exact) mass is 228 g/mol. The average Bonchev–Trinajstić information content (AvgIpc) is 2.73. The van der Waals surface area contributed by atoms with Gasteiger partial charge < -0.3 is 5.11 Å². The maximum atomic E-state index is 9.37. The molecule has 3 rings (SSSR count). The topological polar surface area (TPSA) is 46.0 Å². The van der Waals surface area contributed by atoms with Gasteiger partial charge in [0.25, 0.3) is 0 Å². The molecule has 3 aromatic rings. The van der Waals surface area contributed by atoms with E-state index in [0.29, 0.717) is 0 Å². The van der Waals surface area contributed by atoms with Crippen LogP contribution in [0.5, 0.6) is 5.75 Å². The van der Waals surface area contributed by atoms with Gasteiger partial charge in [-0.15, -0.1) is 11.3 Å². The Hall–Kier alpha value is -1.94. The SMILES string of the molecule is Oc1ccc2nc(-c3ccccn3)sc2c1. The van der Waals surface area contributed by atoms with Gasteiger partial charge in [-0.05, 0) is 30.3 Å². The zero-order valence-corrected chi connectivity index (χ0v) is 9.11. The normalized spacial score (nSPS) is 10.8. The van der Waals surface area contributed by atoms with Gasteiger partial charge in [0.1, 0.15) is 10.8 Å². The Labute approximate surface area is 96.0 Å². The molecule has 0 bridgehead atoms. The maximum absolute atomic E-state index is 9.37. The number of pyridine rings is 1. The van der Waals surface area contributed by atoms with E-state index in [0.717, 1.165) is 20.9 Å². The van der Waals surface area contributed by atoms with Crippen molar-refractivity contribution in [2.24, 2.45) is 0 Å². The minimum atomic E-state index is 0.267. The second-order valence-electron chi connectivity index (χ2n) is 3.39. The van der Waals surface area contributed by atoms with E-state index in [9.17, 15) is 5.11 Å². The van der Waals surface area contributed by atoms with Crippen LogP contribution in [0.1, 0.15) is 0 Å². The van der Waals surface area contributed by atoms with Crippen LogP contribution >= 0.6 is 11.3 Å². The Morgan fingerprint density at radius 2 is 2.06 bits per heavy atom. The van der Waals surface area contributed by atoms with Crippen LogP contribution in [0, 0.1) is 0 Å². The molecule has 0 saturated heterocycles. The summed E-state index contributed by atoms with van der Waals surface area (Å²) in [4.78, 5) is 8.72. The highest BCUT2D eigenvalue weighted by molar-refractivity contribution is 7.21. The van der Waals surface area contributed by atoms with Gasteiger partial charge >= 0.3 is 0 Å². The summed E-state index contributed by atoms with van der Waals surface area (Å²) in [7, 11) is 0. The van der Waals surface area contributed by atoms with Crippen molar-refractivity contribution in [3.63, 3.8) is 0 Å². The molecule has 1 aromatic carbocycles. The molecule has 16 heavy (non-hydrogen) atoms. The first-order valence-electron chi connectivity index (χ1n) is 4.84. The Morgan fingerprint density at radius 3 is 2.88 bits per heavy atom. The molecule has 0 spiro atoms. The molecule has 0 aliphatic rings. The van der Waals surface area contributed by atoms with Crippen LogP contribution in [-0.2, 0) is 0 Å². The van der Waals surface area contributed by atoms with Gasteiger partial charge in [-0.2, -0.15) is 0 Å². The zero-order chi connectivity index (χ0) is 11.0. The van der Waals surface area contributed by atoms with Crippen molar-refractivity contribution in [1.29, 1.82) is 0 Å². The third-order valence-corrected chi connectivity index (χ3v) is 3.30. The van der Waals surface area contributed by atoms with Gasteiger partial charge in [0.05, 0.1) is 15.9 Å². The smallest absolute Gasteiger partial charge is 0.143 e. The van der Waals surface area contributed by atoms with Gasteiger partial charge in [0.15, 0.2) is 0 Å². The number of hydrogen-bond acceptors (Lipinski definition) is 4. The van der Waals surface area contributed by atoms with Crippen molar-refractivity contribution in [3.05, 3.63) is 42.6 Å². The summed E-state index contributed by atoms with van der Waals surface area (Å²) in [5.74, 6) is 0.267. The maximum Gasteiger partial charge on any atom is 0.143 e. The molecule has 1 N–H and O–H groups in total. The van der Waals surface area contributed by atoms with Crippen molar-refractivity contribution in [2.45, 2.75) is 0 Å². The average molecular weight is 228 g/mol. The number of rotatable bonds is 1. The van der Waals surface area contributed by atoms with E-state index in [2.05, 4.69) is 9.97 Å². The fourth-order valence-electron chi connectivity index (χ4n) is 1.51. The van der Waals surface area contributed by atoms with E-state index in [1.165, 1.54) is 11.3 Å². The van der Waals surface area contributed by atoms with Crippen LogP contribution in [0.4, 0.5) is 0 Å². The molecule has 2 aromatic heterocycles. The second-order valence-corrected chi connectivity index (χ2v) is 4.42. The molecule has 0 unspecified atom stereocenters. The van der Waals surface area contributed by atoms with Crippen molar-refractivity contribution in [1.82, 2.24) is 9.97 Å². The predicted molar refractivity (Wildman–Crippen MR) is 64.5 cm³/mol. The number of phenolic OH excluding ortho intramolecular Hbond substituents is 1. The zero-order valence-electron chi connectivity index (χ0n) is 8.29. The van der Waals surface area contributed by atoms with Gasteiger partial charge in [-0.1, -0.05) is 6.07 Å². The number of thiazole rings is 1. The molecule has 0 aliphatic heterocycles. The van der Waals surface area contributed by atoms with E-state index in [-0.39, 0.29) is 5.75 Å². The molecule has 0 aliphatic carbocycles. The standard InChI is InChI=1S/C12H8N2OS/c15-8-4-5-9-11(7-8)16-12(14-9)10-3-1-2-6-13-10/h1-7,15H. The van der Waals surface area contributed by atoms with Gasteiger partial charge in [0.2, 0.25) is 0 Å². The lowest BCUT2D eigenvalue weighted by Crippen LogP contribution is -1.78. The van der Waals surface area contributed by atoms with Crippen LogP contribution in [0.2, 0.25) is 0 Å².